The molecule has 0 saturated heterocycles. The molecule has 3 N–H and O–H groups in total. The molecule has 9 aromatic carbocycles. The van der Waals surface area contributed by atoms with Gasteiger partial charge < -0.3 is 16.0 Å². The Balaban J connectivity index is 0.000000144. The second-order valence-electron chi connectivity index (χ2n) is 18.9. The van der Waals surface area contributed by atoms with Gasteiger partial charge in [-0.2, -0.15) is 15.3 Å². The van der Waals surface area contributed by atoms with Gasteiger partial charge in [-0.05, 0) is 57.6 Å². The maximum Gasteiger partial charge on any atom is 0.227 e. The molecule has 0 radical (unpaired) electrons. The minimum Gasteiger partial charge on any atom is -0.368 e. The molecule has 0 fully saturated rings. The molecule has 12 rings (SSSR count). The van der Waals surface area contributed by atoms with Crippen LogP contribution in [0.3, 0.4) is 0 Å². The van der Waals surface area contributed by atoms with Gasteiger partial charge in [0, 0.05) is 36.3 Å². The fourth-order valence-corrected chi connectivity index (χ4v) is 8.57. The highest BCUT2D eigenvalue weighted by molar-refractivity contribution is 5.81. The number of benzene rings is 9. The topological polar surface area (TPSA) is 132 Å². The lowest BCUT2D eigenvalue weighted by Gasteiger charge is -2.23. The maximum absolute atomic E-state index is 13.4. The Kier molecular flexibility index (Phi) is 18.7. The fraction of sp³-hybridized carbons (Fsp3) is 0.0435. The quantitative estimate of drug-likeness (QED) is 0.0873. The molecule has 83 heavy (non-hydrogen) atoms. The van der Waals surface area contributed by atoms with Crippen molar-refractivity contribution in [2.75, 3.05) is 16.0 Å². The zero-order valence-corrected chi connectivity index (χ0v) is 45.2. The first-order chi connectivity index (χ1) is 40.8. The average molecular weight is 1090 g/mol. The van der Waals surface area contributed by atoms with Crippen molar-refractivity contribution in [3.63, 3.8) is 0 Å². The zero-order valence-electron chi connectivity index (χ0n) is 45.2. The maximum atomic E-state index is 13.4. The van der Waals surface area contributed by atoms with Crippen molar-refractivity contribution in [3.05, 3.63) is 324 Å². The Bertz CT molecular complexity index is 3930. The van der Waals surface area contributed by atoms with E-state index in [4.69, 9.17) is 20.8 Å². The summed E-state index contributed by atoms with van der Waals surface area (Å²) in [6.45, 7) is 2.03. The average Bonchev–Trinajstić information content (AvgIpc) is 4.31. The van der Waals surface area contributed by atoms with E-state index in [9.17, 15) is 8.78 Å². The monoisotopic (exact) mass is 1090 g/mol. The number of hydrogen-bond acceptors (Lipinski definition) is 9. The van der Waals surface area contributed by atoms with Crippen LogP contribution in [0.1, 0.15) is 33.4 Å². The second-order valence-corrected chi connectivity index (χ2v) is 18.9. The Hall–Kier alpha value is -11.1. The molecule has 3 heterocycles. The molecule has 12 aromatic rings. The summed E-state index contributed by atoms with van der Waals surface area (Å²) in [6.07, 6.45) is 10.8. The van der Waals surface area contributed by atoms with Crippen LogP contribution in [0.2, 0.25) is 0 Å². The summed E-state index contributed by atoms with van der Waals surface area (Å²) in [6, 6.07) is 83.3. The van der Waals surface area contributed by atoms with Crippen LogP contribution in [0.15, 0.2) is 295 Å². The second kappa shape index (κ2) is 28.2. The van der Waals surface area contributed by atoms with Crippen LogP contribution in [-0.2, 0) is 19.6 Å². The van der Waals surface area contributed by atoms with Gasteiger partial charge in [0.1, 0.15) is 11.6 Å². The number of imidazole rings is 3. The molecule has 0 aliphatic rings. The van der Waals surface area contributed by atoms with Crippen molar-refractivity contribution in [3.8, 4) is 33.8 Å². The lowest BCUT2D eigenvalue weighted by molar-refractivity contribution is 0.627. The Morgan fingerprint density at radius 1 is 0.386 bits per heavy atom. The molecule has 0 spiro atoms. The smallest absolute Gasteiger partial charge is 0.227 e. The largest absolute Gasteiger partial charge is 0.368 e. The number of nitrogens with zero attached hydrogens (tertiary/aromatic N) is 10. The highest BCUT2D eigenvalue weighted by atomic mass is 19.1. The molecule has 0 aliphatic heterocycles. The van der Waals surface area contributed by atoms with Crippen molar-refractivity contribution in [2.45, 2.75) is 19.6 Å². The number of halogens is 2. The van der Waals surface area contributed by atoms with Crippen molar-refractivity contribution < 1.29 is 8.78 Å². The first kappa shape index (κ1) is 55.2. The molecule has 0 aliphatic carbocycles. The van der Waals surface area contributed by atoms with Gasteiger partial charge >= 0.3 is 0 Å². The van der Waals surface area contributed by atoms with E-state index in [0.717, 1.165) is 56.4 Å². The number of nitrogens with one attached hydrogen (secondary N) is 1. The number of nitrogens with two attached hydrogens (primary N) is 1. The van der Waals surface area contributed by atoms with E-state index in [2.05, 4.69) is 73.9 Å². The molecule has 0 saturated carbocycles. The van der Waals surface area contributed by atoms with E-state index in [1.54, 1.807) is 52.2 Å². The highest BCUT2D eigenvalue weighted by Gasteiger charge is 2.18. The van der Waals surface area contributed by atoms with Crippen molar-refractivity contribution in [1.29, 1.82) is 0 Å². The molecule has 0 unspecified atom stereocenters. The van der Waals surface area contributed by atoms with Crippen LogP contribution in [0.5, 0.6) is 0 Å². The number of hydrogen-bond donors (Lipinski definition) is 2. The lowest BCUT2D eigenvalue weighted by atomic mass is 10.2. The molecule has 408 valence electrons. The molecule has 0 bridgehead atoms. The molecule has 14 heteroatoms. The Labute approximate surface area is 481 Å². The fourth-order valence-electron chi connectivity index (χ4n) is 8.57. The third-order valence-corrected chi connectivity index (χ3v) is 12.8. The third-order valence-electron chi connectivity index (χ3n) is 12.8. The van der Waals surface area contributed by atoms with Gasteiger partial charge in [-0.1, -0.05) is 237 Å². The van der Waals surface area contributed by atoms with Crippen molar-refractivity contribution in [2.24, 2.45) is 15.3 Å². The van der Waals surface area contributed by atoms with E-state index >= 15 is 0 Å². The standard InChI is InChI=1S/C30H25FN4.C23H20N4.C16H13FN4/c31-28-18-16-24(17-19-28)20-32-35-23-29(27-14-8-3-9-15-27)33-30(35)34(21-25-10-4-1-5-11-25)22-26-12-6-2-7-13-26;1-4-10-19(11-5-1)16-24-23-26-22(21-14-8-3-9-15-21)18-27(23)25-17-20-12-6-2-7-13-20;17-14-8-6-12(7-9-14)10-19-21-11-15(20-16(21)18)13-4-2-1-3-5-13/h1-20,23H,21-22H2;1-15,17-18H,16H2,(H,24,26);1-11H,(H2,18,20)/b32-20+;25-17+;19-10+. The van der Waals surface area contributed by atoms with Gasteiger partial charge in [-0.3, -0.25) is 0 Å². The van der Waals surface area contributed by atoms with Gasteiger partial charge in [0.05, 0.1) is 54.3 Å². The van der Waals surface area contributed by atoms with Crippen LogP contribution in [0, 0.1) is 11.6 Å². The third kappa shape index (κ3) is 16.0. The normalized spacial score (nSPS) is 11.1. The number of aromatic nitrogens is 6. The lowest BCUT2D eigenvalue weighted by Crippen LogP contribution is -2.25. The van der Waals surface area contributed by atoms with Gasteiger partial charge in [0.25, 0.3) is 0 Å². The van der Waals surface area contributed by atoms with Crippen molar-refractivity contribution >= 4 is 36.5 Å². The summed E-state index contributed by atoms with van der Waals surface area (Å²) < 4.78 is 31.3. The van der Waals surface area contributed by atoms with Gasteiger partial charge in [-0.15, -0.1) is 0 Å². The number of nitrogen functional groups attached to an aromatic ring is 1. The van der Waals surface area contributed by atoms with Gasteiger partial charge in [0.15, 0.2) is 0 Å². The highest BCUT2D eigenvalue weighted by Crippen LogP contribution is 2.27. The summed E-state index contributed by atoms with van der Waals surface area (Å²) in [5, 5.41) is 17.0. The summed E-state index contributed by atoms with van der Waals surface area (Å²) >= 11 is 0. The molecular weight excluding hydrogens is 1030 g/mol. The Morgan fingerprint density at radius 3 is 1.20 bits per heavy atom. The zero-order chi connectivity index (χ0) is 56.8. The molecule has 0 amide bonds. The predicted molar refractivity (Wildman–Crippen MR) is 332 cm³/mol. The minimum atomic E-state index is -0.277. The summed E-state index contributed by atoms with van der Waals surface area (Å²) in [5.41, 5.74) is 17.6. The van der Waals surface area contributed by atoms with Crippen LogP contribution in [-0.4, -0.2) is 47.6 Å². The molecule has 3 aromatic heterocycles. The first-order valence-corrected chi connectivity index (χ1v) is 26.8. The SMILES string of the molecule is C(=N\n1cc(-c2ccccc2)nc1NCc1ccccc1)/c1ccccc1.Fc1ccc(/C=N/n2cc(-c3ccccc3)nc2N(Cc2ccccc2)Cc2ccccc2)cc1.Nc1nc(-c2ccccc2)cn1/N=C/c1ccc(F)cc1. The molecule has 0 atom stereocenters. The molecule has 12 nitrogen and oxygen atoms in total. The van der Waals surface area contributed by atoms with E-state index < -0.39 is 0 Å². The van der Waals surface area contributed by atoms with Crippen molar-refractivity contribution in [1.82, 2.24) is 29.0 Å². The van der Waals surface area contributed by atoms with E-state index in [0.29, 0.717) is 31.5 Å². The van der Waals surface area contributed by atoms with E-state index in [1.807, 2.05) is 182 Å². The molecular formula is C69H58F2N12. The first-order valence-electron chi connectivity index (χ1n) is 26.8. The van der Waals surface area contributed by atoms with Crippen LogP contribution in [0.4, 0.5) is 26.6 Å². The van der Waals surface area contributed by atoms with Crippen LogP contribution >= 0.6 is 0 Å². The van der Waals surface area contributed by atoms with Gasteiger partial charge in [-0.25, -0.2) is 37.8 Å². The summed E-state index contributed by atoms with van der Waals surface area (Å²) in [4.78, 5) is 16.3. The van der Waals surface area contributed by atoms with Gasteiger partial charge in [0.2, 0.25) is 17.8 Å². The number of anilines is 3. The van der Waals surface area contributed by atoms with Crippen LogP contribution < -0.4 is 16.0 Å². The predicted octanol–water partition coefficient (Wildman–Crippen LogP) is 15.0. The summed E-state index contributed by atoms with van der Waals surface area (Å²) in [5.74, 6) is 1.20. The van der Waals surface area contributed by atoms with E-state index in [1.165, 1.54) is 45.6 Å². The summed E-state index contributed by atoms with van der Waals surface area (Å²) in [7, 11) is 0. The van der Waals surface area contributed by atoms with E-state index in [-0.39, 0.29) is 11.6 Å². The Morgan fingerprint density at radius 2 is 0.735 bits per heavy atom. The minimum absolute atomic E-state index is 0.270. The number of rotatable bonds is 17. The van der Waals surface area contributed by atoms with Crippen LogP contribution in [0.25, 0.3) is 33.8 Å².